The highest BCUT2D eigenvalue weighted by molar-refractivity contribution is 7.99. The van der Waals surface area contributed by atoms with Crippen molar-refractivity contribution in [3.63, 3.8) is 0 Å². The fraction of sp³-hybridized carbons (Fsp3) is 0.615. The third-order valence-electron chi connectivity index (χ3n) is 3.35. The Morgan fingerprint density at radius 3 is 2.83 bits per heavy atom. The van der Waals surface area contributed by atoms with Gasteiger partial charge in [0.1, 0.15) is 5.82 Å². The average Bonchev–Trinajstić information content (AvgIpc) is 2.38. The summed E-state index contributed by atoms with van der Waals surface area (Å²) in [5, 5.41) is 13.6. The van der Waals surface area contributed by atoms with E-state index in [0.717, 1.165) is 30.0 Å². The first kappa shape index (κ1) is 13.8. The van der Waals surface area contributed by atoms with Crippen LogP contribution in [0.1, 0.15) is 31.5 Å². The summed E-state index contributed by atoms with van der Waals surface area (Å²) in [5.41, 5.74) is 0.199. The lowest BCUT2D eigenvalue weighted by molar-refractivity contribution is 0.0299. The maximum absolute atomic E-state index is 12.8. The summed E-state index contributed by atoms with van der Waals surface area (Å²) in [6.07, 6.45) is 2.88. The van der Waals surface area contributed by atoms with E-state index in [1.54, 1.807) is 6.07 Å². The monoisotopic (exact) mass is 270 g/mol. The molecule has 0 aromatic carbocycles. The van der Waals surface area contributed by atoms with Crippen LogP contribution in [0.15, 0.2) is 18.3 Å². The van der Waals surface area contributed by atoms with E-state index in [0.29, 0.717) is 6.54 Å². The molecular formula is C13H19FN2OS. The third kappa shape index (κ3) is 3.67. The van der Waals surface area contributed by atoms with Crippen molar-refractivity contribution in [2.75, 3.05) is 18.1 Å². The lowest BCUT2D eigenvalue weighted by Crippen LogP contribution is -2.44. The van der Waals surface area contributed by atoms with Crippen molar-refractivity contribution >= 4 is 11.8 Å². The number of aromatic nitrogens is 1. The van der Waals surface area contributed by atoms with Crippen molar-refractivity contribution in [1.82, 2.24) is 10.3 Å². The van der Waals surface area contributed by atoms with Crippen molar-refractivity contribution in [1.29, 1.82) is 0 Å². The van der Waals surface area contributed by atoms with Crippen molar-refractivity contribution in [3.8, 4) is 0 Å². The molecule has 1 aromatic rings. The Morgan fingerprint density at radius 1 is 1.50 bits per heavy atom. The molecule has 1 aromatic heterocycles. The van der Waals surface area contributed by atoms with Gasteiger partial charge in [-0.25, -0.2) is 4.39 Å². The van der Waals surface area contributed by atoms with Crippen LogP contribution in [0.2, 0.25) is 0 Å². The predicted octanol–water partition coefficient (Wildman–Crippen LogP) is 2.13. The van der Waals surface area contributed by atoms with Gasteiger partial charge in [-0.2, -0.15) is 11.8 Å². The van der Waals surface area contributed by atoms with Gasteiger partial charge in [0.25, 0.3) is 0 Å². The molecule has 18 heavy (non-hydrogen) atoms. The van der Waals surface area contributed by atoms with Crippen LogP contribution in [-0.2, 0) is 0 Å². The molecule has 0 spiro atoms. The minimum absolute atomic E-state index is 0.0178. The Labute approximate surface area is 111 Å². The molecular weight excluding hydrogens is 251 g/mol. The number of halogens is 1. The molecule has 0 saturated carbocycles. The zero-order chi connectivity index (χ0) is 13.0. The summed E-state index contributed by atoms with van der Waals surface area (Å²) >= 11 is 1.89. The number of thioether (sulfide) groups is 1. The summed E-state index contributed by atoms with van der Waals surface area (Å²) < 4.78 is 12.8. The molecule has 0 bridgehead atoms. The molecule has 0 amide bonds. The number of rotatable bonds is 4. The topological polar surface area (TPSA) is 45.1 Å². The van der Waals surface area contributed by atoms with Gasteiger partial charge in [0, 0.05) is 12.6 Å². The molecule has 3 nitrogen and oxygen atoms in total. The molecule has 2 rings (SSSR count). The van der Waals surface area contributed by atoms with Gasteiger partial charge in [-0.05, 0) is 43.4 Å². The van der Waals surface area contributed by atoms with E-state index >= 15 is 0 Å². The van der Waals surface area contributed by atoms with Crippen molar-refractivity contribution < 1.29 is 9.50 Å². The van der Waals surface area contributed by atoms with Crippen molar-refractivity contribution in [2.45, 2.75) is 31.4 Å². The molecule has 1 atom stereocenters. The number of nitrogens with zero attached hydrogens (tertiary/aromatic N) is 1. The van der Waals surface area contributed by atoms with Gasteiger partial charge in [0.15, 0.2) is 0 Å². The van der Waals surface area contributed by atoms with E-state index in [9.17, 15) is 9.50 Å². The van der Waals surface area contributed by atoms with Crippen LogP contribution in [0.4, 0.5) is 4.39 Å². The minimum Gasteiger partial charge on any atom is -0.389 e. The van der Waals surface area contributed by atoms with Crippen molar-refractivity contribution in [2.24, 2.45) is 0 Å². The lowest BCUT2D eigenvalue weighted by Gasteiger charge is -2.33. The highest BCUT2D eigenvalue weighted by atomic mass is 32.2. The van der Waals surface area contributed by atoms with Gasteiger partial charge in [-0.3, -0.25) is 4.98 Å². The van der Waals surface area contributed by atoms with E-state index in [4.69, 9.17) is 0 Å². The Balaban J connectivity index is 1.87. The van der Waals surface area contributed by atoms with Gasteiger partial charge in [-0.15, -0.1) is 0 Å². The fourth-order valence-electron chi connectivity index (χ4n) is 2.02. The normalized spacial score (nSPS) is 20.6. The second kappa shape index (κ2) is 5.99. The summed E-state index contributed by atoms with van der Waals surface area (Å²) in [4.78, 5) is 4.04. The molecule has 1 aliphatic heterocycles. The zero-order valence-electron chi connectivity index (χ0n) is 10.5. The number of aliphatic hydroxyl groups is 1. The maximum atomic E-state index is 12.8. The lowest BCUT2D eigenvalue weighted by atomic mass is 9.96. The van der Waals surface area contributed by atoms with Crippen LogP contribution in [0, 0.1) is 5.82 Å². The first-order valence-corrected chi connectivity index (χ1v) is 7.39. The van der Waals surface area contributed by atoms with Crippen LogP contribution in [0.5, 0.6) is 0 Å². The standard InChI is InChI=1S/C13H19FN2OS/c1-10(12-3-2-11(14)8-15-12)16-9-13(17)4-6-18-7-5-13/h2-3,8,10,16-17H,4-7,9H2,1H3. The molecule has 2 N–H and O–H groups in total. The van der Waals surface area contributed by atoms with E-state index in [1.165, 1.54) is 12.3 Å². The van der Waals surface area contributed by atoms with E-state index in [1.807, 2.05) is 18.7 Å². The number of nitrogens with one attached hydrogen (secondary N) is 1. The number of hydrogen-bond acceptors (Lipinski definition) is 4. The summed E-state index contributed by atoms with van der Waals surface area (Å²) in [7, 11) is 0. The SMILES string of the molecule is CC(NCC1(O)CCSCC1)c1ccc(F)cn1. The quantitative estimate of drug-likeness (QED) is 0.880. The fourth-order valence-corrected chi connectivity index (χ4v) is 3.27. The average molecular weight is 270 g/mol. The van der Waals surface area contributed by atoms with Crippen LogP contribution in [-0.4, -0.2) is 33.7 Å². The number of hydrogen-bond donors (Lipinski definition) is 2. The molecule has 2 heterocycles. The highest BCUT2D eigenvalue weighted by Crippen LogP contribution is 2.26. The molecule has 0 radical (unpaired) electrons. The van der Waals surface area contributed by atoms with Gasteiger partial charge < -0.3 is 10.4 Å². The number of pyridine rings is 1. The summed E-state index contributed by atoms with van der Waals surface area (Å²) in [6, 6.07) is 3.10. The summed E-state index contributed by atoms with van der Waals surface area (Å²) in [5.74, 6) is 1.71. The van der Waals surface area contributed by atoms with Crippen molar-refractivity contribution in [3.05, 3.63) is 29.8 Å². The van der Waals surface area contributed by atoms with E-state index in [-0.39, 0.29) is 11.9 Å². The molecule has 1 aliphatic rings. The van der Waals surface area contributed by atoms with Gasteiger partial charge >= 0.3 is 0 Å². The van der Waals surface area contributed by atoms with Crippen LogP contribution in [0.25, 0.3) is 0 Å². The molecule has 1 unspecified atom stereocenters. The predicted molar refractivity (Wildman–Crippen MR) is 72.1 cm³/mol. The molecule has 100 valence electrons. The van der Waals surface area contributed by atoms with E-state index in [2.05, 4.69) is 10.3 Å². The Kier molecular flexibility index (Phi) is 4.59. The molecule has 1 saturated heterocycles. The van der Waals surface area contributed by atoms with E-state index < -0.39 is 5.60 Å². The largest absolute Gasteiger partial charge is 0.389 e. The van der Waals surface area contributed by atoms with Gasteiger partial charge in [-0.1, -0.05) is 0 Å². The Morgan fingerprint density at radius 2 is 2.22 bits per heavy atom. The summed E-state index contributed by atoms with van der Waals surface area (Å²) in [6.45, 7) is 2.54. The van der Waals surface area contributed by atoms with Crippen LogP contribution >= 0.6 is 11.8 Å². The molecule has 1 fully saturated rings. The molecule has 0 aliphatic carbocycles. The van der Waals surface area contributed by atoms with Gasteiger partial charge in [0.05, 0.1) is 17.5 Å². The first-order chi connectivity index (χ1) is 8.59. The van der Waals surface area contributed by atoms with Crippen LogP contribution in [0.3, 0.4) is 0 Å². The third-order valence-corrected chi connectivity index (χ3v) is 4.34. The highest BCUT2D eigenvalue weighted by Gasteiger charge is 2.29. The van der Waals surface area contributed by atoms with Gasteiger partial charge in [0.2, 0.25) is 0 Å². The maximum Gasteiger partial charge on any atom is 0.141 e. The second-order valence-corrected chi connectivity index (χ2v) is 6.07. The Hall–Kier alpha value is -0.650. The second-order valence-electron chi connectivity index (χ2n) is 4.84. The van der Waals surface area contributed by atoms with Crippen LogP contribution < -0.4 is 5.32 Å². The molecule has 5 heteroatoms. The minimum atomic E-state index is -0.598. The Bertz CT molecular complexity index is 379. The zero-order valence-corrected chi connectivity index (χ0v) is 11.3. The first-order valence-electron chi connectivity index (χ1n) is 6.24. The smallest absolute Gasteiger partial charge is 0.141 e.